The van der Waals surface area contributed by atoms with Crippen LogP contribution in [0.25, 0.3) is 5.69 Å². The number of aromatic amines is 1. The highest BCUT2D eigenvalue weighted by Crippen LogP contribution is 2.33. The number of hydrogen-bond donors (Lipinski definition) is 2. The van der Waals surface area contributed by atoms with E-state index >= 15 is 0 Å². The Bertz CT molecular complexity index is 1060. The quantitative estimate of drug-likeness (QED) is 0.632. The summed E-state index contributed by atoms with van der Waals surface area (Å²) in [6.45, 7) is 2.00. The Kier molecular flexibility index (Phi) is 5.15. The zero-order valence-electron chi connectivity index (χ0n) is 16.1. The summed E-state index contributed by atoms with van der Waals surface area (Å²) in [5.74, 6) is 0.435. The Hall–Kier alpha value is -3.08. The monoisotopic (exact) mass is 375 g/mol. The summed E-state index contributed by atoms with van der Waals surface area (Å²) in [4.78, 5) is 17.7. The molecular formula is C23H25N3O2. The van der Waals surface area contributed by atoms with E-state index in [9.17, 15) is 9.90 Å². The van der Waals surface area contributed by atoms with Crippen molar-refractivity contribution in [2.75, 3.05) is 0 Å². The average Bonchev–Trinajstić information content (AvgIpc) is 3.05. The number of aromatic nitrogens is 2. The molecule has 1 heterocycles. The summed E-state index contributed by atoms with van der Waals surface area (Å²) in [6.07, 6.45) is 7.36. The lowest BCUT2D eigenvalue weighted by Gasteiger charge is -2.21. The highest BCUT2D eigenvalue weighted by atomic mass is 16.3. The van der Waals surface area contributed by atoms with Crippen LogP contribution >= 0.6 is 0 Å². The summed E-state index contributed by atoms with van der Waals surface area (Å²) in [6, 6.07) is 14.7. The first kappa shape index (κ1) is 18.3. The second-order valence-corrected chi connectivity index (χ2v) is 7.45. The van der Waals surface area contributed by atoms with E-state index in [0.29, 0.717) is 17.2 Å². The van der Waals surface area contributed by atoms with E-state index in [2.05, 4.69) is 10.1 Å². The third-order valence-electron chi connectivity index (χ3n) is 5.54. The van der Waals surface area contributed by atoms with Crippen LogP contribution in [-0.2, 0) is 0 Å². The molecule has 0 radical (unpaired) electrons. The molecule has 0 spiro atoms. The number of aliphatic imine (C=N–C) groups is 1. The molecule has 5 nitrogen and oxygen atoms in total. The predicted molar refractivity (Wildman–Crippen MR) is 112 cm³/mol. The fourth-order valence-electron chi connectivity index (χ4n) is 3.99. The van der Waals surface area contributed by atoms with Crippen molar-refractivity contribution in [2.24, 2.45) is 4.99 Å². The number of para-hydroxylation sites is 3. The molecule has 0 aliphatic heterocycles. The number of hydrogen-bond acceptors (Lipinski definition) is 3. The summed E-state index contributed by atoms with van der Waals surface area (Å²) in [7, 11) is 0. The molecule has 144 valence electrons. The standard InChI is InChI=1S/C23H25N3O2/c1-16-9-5-7-13-20(16)26-23(28)18(15-24-19-12-6-8-14-21(19)27)22(25-26)17-10-3-2-4-11-17/h5-9,12-15,17,25,27H,2-4,10-11H2,1H3. The Balaban J connectivity index is 1.82. The molecule has 0 saturated heterocycles. The van der Waals surface area contributed by atoms with Crippen LogP contribution in [0.5, 0.6) is 5.75 Å². The smallest absolute Gasteiger partial charge is 0.280 e. The van der Waals surface area contributed by atoms with Gasteiger partial charge in [0.25, 0.3) is 5.56 Å². The molecule has 0 atom stereocenters. The third kappa shape index (κ3) is 3.52. The number of nitrogens with zero attached hydrogens (tertiary/aromatic N) is 2. The van der Waals surface area contributed by atoms with Crippen molar-refractivity contribution in [3.63, 3.8) is 0 Å². The van der Waals surface area contributed by atoms with Gasteiger partial charge in [0.1, 0.15) is 11.4 Å². The number of nitrogens with one attached hydrogen (secondary N) is 1. The molecule has 3 aromatic rings. The van der Waals surface area contributed by atoms with Gasteiger partial charge in [0.15, 0.2) is 0 Å². The SMILES string of the molecule is Cc1ccccc1-n1[nH]c(C2CCCCC2)c(C=Nc2ccccc2O)c1=O. The summed E-state index contributed by atoms with van der Waals surface area (Å²) in [5.41, 5.74) is 3.77. The van der Waals surface area contributed by atoms with Gasteiger partial charge in [-0.2, -0.15) is 0 Å². The van der Waals surface area contributed by atoms with Gasteiger partial charge in [-0.3, -0.25) is 14.9 Å². The zero-order chi connectivity index (χ0) is 19.5. The first-order valence-electron chi connectivity index (χ1n) is 9.88. The minimum atomic E-state index is -0.103. The maximum Gasteiger partial charge on any atom is 0.280 e. The predicted octanol–water partition coefficient (Wildman–Crippen LogP) is 4.98. The molecule has 1 fully saturated rings. The minimum Gasteiger partial charge on any atom is -0.506 e. The second kappa shape index (κ2) is 7.89. The number of benzene rings is 2. The van der Waals surface area contributed by atoms with Crippen LogP contribution in [0, 0.1) is 6.92 Å². The van der Waals surface area contributed by atoms with E-state index in [0.717, 1.165) is 29.8 Å². The molecule has 1 aliphatic rings. The number of aromatic hydroxyl groups is 1. The fraction of sp³-hybridized carbons (Fsp3) is 0.304. The topological polar surface area (TPSA) is 70.4 Å². The van der Waals surface area contributed by atoms with E-state index < -0.39 is 0 Å². The van der Waals surface area contributed by atoms with E-state index in [1.165, 1.54) is 19.3 Å². The molecule has 2 aromatic carbocycles. The molecular weight excluding hydrogens is 350 g/mol. The molecule has 1 saturated carbocycles. The van der Waals surface area contributed by atoms with Crippen molar-refractivity contribution in [1.82, 2.24) is 9.78 Å². The molecule has 1 aliphatic carbocycles. The molecule has 1 aromatic heterocycles. The average molecular weight is 375 g/mol. The first-order valence-corrected chi connectivity index (χ1v) is 9.88. The highest BCUT2D eigenvalue weighted by molar-refractivity contribution is 5.84. The molecule has 0 bridgehead atoms. The van der Waals surface area contributed by atoms with Crippen molar-refractivity contribution in [1.29, 1.82) is 0 Å². The number of rotatable bonds is 4. The van der Waals surface area contributed by atoms with E-state index in [1.54, 1.807) is 29.1 Å². The van der Waals surface area contributed by atoms with Crippen LogP contribution < -0.4 is 5.56 Å². The number of phenolic OH excluding ortho intramolecular Hbond substituents is 1. The second-order valence-electron chi connectivity index (χ2n) is 7.45. The van der Waals surface area contributed by atoms with Crippen LogP contribution in [-0.4, -0.2) is 21.1 Å². The molecule has 0 unspecified atom stereocenters. The van der Waals surface area contributed by atoms with E-state index in [-0.39, 0.29) is 11.3 Å². The van der Waals surface area contributed by atoms with Gasteiger partial charge < -0.3 is 5.11 Å². The van der Waals surface area contributed by atoms with E-state index in [1.807, 2.05) is 37.3 Å². The van der Waals surface area contributed by atoms with Crippen LogP contribution in [0.1, 0.15) is 54.8 Å². The summed E-state index contributed by atoms with van der Waals surface area (Å²) in [5, 5.41) is 13.4. The van der Waals surface area contributed by atoms with Gasteiger partial charge in [-0.25, -0.2) is 4.68 Å². The summed E-state index contributed by atoms with van der Waals surface area (Å²) >= 11 is 0. The van der Waals surface area contributed by atoms with Gasteiger partial charge in [-0.1, -0.05) is 49.6 Å². The fourth-order valence-corrected chi connectivity index (χ4v) is 3.99. The summed E-state index contributed by atoms with van der Waals surface area (Å²) < 4.78 is 1.63. The van der Waals surface area contributed by atoms with Crippen molar-refractivity contribution in [3.05, 3.63) is 75.7 Å². The van der Waals surface area contributed by atoms with Crippen LogP contribution in [0.2, 0.25) is 0 Å². The molecule has 28 heavy (non-hydrogen) atoms. The first-order chi connectivity index (χ1) is 13.6. The van der Waals surface area contributed by atoms with Crippen molar-refractivity contribution < 1.29 is 5.11 Å². The minimum absolute atomic E-state index is 0.103. The Labute approximate surface area is 164 Å². The van der Waals surface area contributed by atoms with Crippen molar-refractivity contribution in [3.8, 4) is 11.4 Å². The zero-order valence-corrected chi connectivity index (χ0v) is 16.1. The molecule has 4 rings (SSSR count). The number of aryl methyl sites for hydroxylation is 1. The molecule has 2 N–H and O–H groups in total. The van der Waals surface area contributed by atoms with Gasteiger partial charge in [0.05, 0.1) is 11.3 Å². The molecule has 5 heteroatoms. The maximum atomic E-state index is 13.3. The van der Waals surface area contributed by atoms with Crippen LogP contribution in [0.15, 0.2) is 58.3 Å². The molecule has 0 amide bonds. The number of phenols is 1. The van der Waals surface area contributed by atoms with Gasteiger partial charge in [-0.15, -0.1) is 0 Å². The van der Waals surface area contributed by atoms with Gasteiger partial charge in [-0.05, 0) is 43.5 Å². The Morgan fingerprint density at radius 3 is 2.54 bits per heavy atom. The Morgan fingerprint density at radius 1 is 1.07 bits per heavy atom. The van der Waals surface area contributed by atoms with E-state index in [4.69, 9.17) is 0 Å². The highest BCUT2D eigenvalue weighted by Gasteiger charge is 2.24. The lowest BCUT2D eigenvalue weighted by molar-refractivity contribution is 0.434. The normalized spacial score (nSPS) is 15.3. The van der Waals surface area contributed by atoms with Crippen molar-refractivity contribution in [2.45, 2.75) is 44.9 Å². The Morgan fingerprint density at radius 2 is 1.79 bits per heavy atom. The van der Waals surface area contributed by atoms with Crippen molar-refractivity contribution >= 4 is 11.9 Å². The largest absolute Gasteiger partial charge is 0.506 e. The van der Waals surface area contributed by atoms with Crippen LogP contribution in [0.4, 0.5) is 5.69 Å². The lowest BCUT2D eigenvalue weighted by atomic mass is 9.86. The lowest BCUT2D eigenvalue weighted by Crippen LogP contribution is -2.18. The van der Waals surface area contributed by atoms with Gasteiger partial charge >= 0.3 is 0 Å². The van der Waals surface area contributed by atoms with Gasteiger partial charge in [0.2, 0.25) is 0 Å². The number of H-pyrrole nitrogens is 1. The third-order valence-corrected chi connectivity index (χ3v) is 5.54. The van der Waals surface area contributed by atoms with Crippen LogP contribution in [0.3, 0.4) is 0 Å². The van der Waals surface area contributed by atoms with Gasteiger partial charge in [0, 0.05) is 17.8 Å². The maximum absolute atomic E-state index is 13.3.